The van der Waals surface area contributed by atoms with Crippen molar-refractivity contribution in [1.29, 1.82) is 0 Å². The summed E-state index contributed by atoms with van der Waals surface area (Å²) in [6.07, 6.45) is 2.00. The summed E-state index contributed by atoms with van der Waals surface area (Å²) < 4.78 is 0. The van der Waals surface area contributed by atoms with E-state index in [9.17, 15) is 24.0 Å². The first-order valence-electron chi connectivity index (χ1n) is 8.36. The number of nitrogens with two attached hydrogens (primary N) is 2. The van der Waals surface area contributed by atoms with Crippen LogP contribution in [0.3, 0.4) is 0 Å². The van der Waals surface area contributed by atoms with E-state index < -0.39 is 54.3 Å². The minimum atomic E-state index is -1.25. The molecule has 3 atom stereocenters. The van der Waals surface area contributed by atoms with Crippen molar-refractivity contribution < 1.29 is 29.1 Å². The number of aliphatic carboxylic acids is 1. The molecule has 0 aliphatic carbocycles. The van der Waals surface area contributed by atoms with Crippen molar-refractivity contribution in [1.82, 2.24) is 16.0 Å². The van der Waals surface area contributed by atoms with Crippen molar-refractivity contribution in [2.45, 2.75) is 37.4 Å². The molecule has 0 fully saturated rings. The van der Waals surface area contributed by atoms with Gasteiger partial charge in [-0.15, -0.1) is 0 Å². The Labute approximate surface area is 172 Å². The second-order valence-electron chi connectivity index (χ2n) is 5.81. The molecule has 28 heavy (non-hydrogen) atoms. The molecule has 0 aliphatic rings. The number of amides is 4. The van der Waals surface area contributed by atoms with Gasteiger partial charge < -0.3 is 32.5 Å². The molecule has 0 saturated heterocycles. The third kappa shape index (κ3) is 11.0. The Bertz CT molecular complexity index is 577. The number of carbonyl (C=O) groups is 5. The molecule has 13 heteroatoms. The summed E-state index contributed by atoms with van der Waals surface area (Å²) in [7, 11) is 0. The van der Waals surface area contributed by atoms with Crippen LogP contribution >= 0.6 is 24.4 Å². The third-order valence-electron chi connectivity index (χ3n) is 3.51. The second kappa shape index (κ2) is 14.1. The largest absolute Gasteiger partial charge is 0.480 e. The van der Waals surface area contributed by atoms with Crippen LogP contribution in [0.15, 0.2) is 0 Å². The molecule has 11 nitrogen and oxygen atoms in total. The third-order valence-corrected chi connectivity index (χ3v) is 4.52. The fourth-order valence-corrected chi connectivity index (χ4v) is 2.71. The fourth-order valence-electron chi connectivity index (χ4n) is 1.96. The van der Waals surface area contributed by atoms with E-state index in [4.69, 9.17) is 16.6 Å². The zero-order chi connectivity index (χ0) is 21.7. The van der Waals surface area contributed by atoms with Crippen molar-refractivity contribution in [3.63, 3.8) is 0 Å². The van der Waals surface area contributed by atoms with Gasteiger partial charge in [-0.25, -0.2) is 0 Å². The first-order chi connectivity index (χ1) is 13.1. The van der Waals surface area contributed by atoms with E-state index in [2.05, 4.69) is 28.6 Å². The quantitative estimate of drug-likeness (QED) is 0.144. The first kappa shape index (κ1) is 26.0. The van der Waals surface area contributed by atoms with Gasteiger partial charge in [0.15, 0.2) is 0 Å². The van der Waals surface area contributed by atoms with Gasteiger partial charge in [-0.1, -0.05) is 0 Å². The van der Waals surface area contributed by atoms with Crippen LogP contribution in [0, 0.1) is 0 Å². The lowest BCUT2D eigenvalue weighted by Crippen LogP contribution is -2.56. The van der Waals surface area contributed by atoms with Gasteiger partial charge in [-0.3, -0.25) is 24.0 Å². The maximum Gasteiger partial charge on any atom is 0.322 e. The highest BCUT2D eigenvalue weighted by molar-refractivity contribution is 7.98. The molecule has 0 radical (unpaired) electrons. The Hall–Kier alpha value is -1.99. The van der Waals surface area contributed by atoms with E-state index in [1.54, 1.807) is 0 Å². The Balaban J connectivity index is 5.02. The standard InChI is InChI=1S/C15H27N5O6S2/c1-28-5-4-8(16)13(24)19-9(2-3-11(17)21)15(26)20-10(7-27)14(25)18-6-12(22)23/h8-10,27H,2-7,16H2,1H3,(H2,17,21)(H,18,25)(H,19,24)(H,20,26)(H,22,23). The van der Waals surface area contributed by atoms with Crippen LogP contribution < -0.4 is 27.4 Å². The number of thioether (sulfide) groups is 1. The van der Waals surface area contributed by atoms with Crippen molar-refractivity contribution in [3.8, 4) is 0 Å². The van der Waals surface area contributed by atoms with Gasteiger partial charge >= 0.3 is 5.97 Å². The normalized spacial score (nSPS) is 13.7. The average molecular weight is 438 g/mol. The Morgan fingerprint density at radius 3 is 2.14 bits per heavy atom. The second-order valence-corrected chi connectivity index (χ2v) is 7.16. The fraction of sp³-hybridized carbons (Fsp3) is 0.667. The molecule has 0 bridgehead atoms. The predicted molar refractivity (Wildman–Crippen MR) is 108 cm³/mol. The van der Waals surface area contributed by atoms with Crippen molar-refractivity contribution >= 4 is 54.0 Å². The van der Waals surface area contributed by atoms with Crippen LogP contribution in [0.4, 0.5) is 0 Å². The van der Waals surface area contributed by atoms with Gasteiger partial charge in [-0.05, 0) is 24.9 Å². The maximum absolute atomic E-state index is 12.5. The van der Waals surface area contributed by atoms with Gasteiger partial charge in [0.05, 0.1) is 6.04 Å². The zero-order valence-electron chi connectivity index (χ0n) is 15.5. The number of hydrogen-bond acceptors (Lipinski definition) is 8. The predicted octanol–water partition coefficient (Wildman–Crippen LogP) is -2.57. The highest BCUT2D eigenvalue weighted by Gasteiger charge is 2.27. The lowest BCUT2D eigenvalue weighted by atomic mass is 10.1. The van der Waals surface area contributed by atoms with Gasteiger partial charge in [0.1, 0.15) is 18.6 Å². The Morgan fingerprint density at radius 2 is 1.64 bits per heavy atom. The maximum atomic E-state index is 12.5. The number of nitrogens with one attached hydrogen (secondary N) is 3. The molecule has 8 N–H and O–H groups in total. The number of thiol groups is 1. The van der Waals surface area contributed by atoms with Crippen molar-refractivity contribution in [2.24, 2.45) is 11.5 Å². The van der Waals surface area contributed by atoms with E-state index >= 15 is 0 Å². The highest BCUT2D eigenvalue weighted by Crippen LogP contribution is 2.03. The lowest BCUT2D eigenvalue weighted by Gasteiger charge is -2.23. The van der Waals surface area contributed by atoms with Crippen LogP contribution in [-0.4, -0.2) is 77.1 Å². The van der Waals surface area contributed by atoms with Crippen molar-refractivity contribution in [2.75, 3.05) is 24.3 Å². The van der Waals surface area contributed by atoms with Crippen LogP contribution in [0.1, 0.15) is 19.3 Å². The zero-order valence-corrected chi connectivity index (χ0v) is 17.2. The molecule has 0 saturated carbocycles. The molecule has 0 aromatic rings. The number of primary amides is 1. The van der Waals surface area contributed by atoms with E-state index in [0.717, 1.165) is 0 Å². The molecule has 0 spiro atoms. The van der Waals surface area contributed by atoms with E-state index in [-0.39, 0.29) is 18.6 Å². The smallest absolute Gasteiger partial charge is 0.322 e. The SMILES string of the molecule is CSCCC(N)C(=O)NC(CCC(N)=O)C(=O)NC(CS)C(=O)NCC(=O)O. The molecular weight excluding hydrogens is 410 g/mol. The Kier molecular flexibility index (Phi) is 13.1. The molecule has 0 aliphatic heterocycles. The highest BCUT2D eigenvalue weighted by atomic mass is 32.2. The first-order valence-corrected chi connectivity index (χ1v) is 10.4. The number of rotatable bonds is 14. The van der Waals surface area contributed by atoms with E-state index in [1.165, 1.54) is 11.8 Å². The van der Waals surface area contributed by atoms with Crippen molar-refractivity contribution in [3.05, 3.63) is 0 Å². The molecule has 0 aromatic carbocycles. The Morgan fingerprint density at radius 1 is 1.04 bits per heavy atom. The number of hydrogen-bond donors (Lipinski definition) is 7. The van der Waals surface area contributed by atoms with Crippen LogP contribution in [0.25, 0.3) is 0 Å². The molecule has 3 unspecified atom stereocenters. The van der Waals surface area contributed by atoms with Gasteiger partial charge in [-0.2, -0.15) is 24.4 Å². The molecule has 160 valence electrons. The minimum absolute atomic E-state index is 0.0851. The number of carboxylic acid groups (broad SMARTS) is 1. The van der Waals surface area contributed by atoms with Gasteiger partial charge in [0.2, 0.25) is 23.6 Å². The summed E-state index contributed by atoms with van der Waals surface area (Å²) in [5.74, 6) is -3.43. The van der Waals surface area contributed by atoms with Gasteiger partial charge in [0, 0.05) is 12.2 Å². The number of carbonyl (C=O) groups excluding carboxylic acids is 4. The van der Waals surface area contributed by atoms with Crippen LogP contribution in [0.2, 0.25) is 0 Å². The summed E-state index contributed by atoms with van der Waals surface area (Å²) in [4.78, 5) is 58.2. The average Bonchev–Trinajstić information content (AvgIpc) is 2.64. The topological polar surface area (TPSA) is 194 Å². The molecular formula is C15H27N5O6S2. The van der Waals surface area contributed by atoms with Crippen LogP contribution in [0.5, 0.6) is 0 Å². The monoisotopic (exact) mass is 437 g/mol. The summed E-state index contributed by atoms with van der Waals surface area (Å²) in [5.41, 5.74) is 10.9. The summed E-state index contributed by atoms with van der Waals surface area (Å²) in [5, 5.41) is 15.5. The number of carboxylic acids is 1. The van der Waals surface area contributed by atoms with Crippen LogP contribution in [-0.2, 0) is 24.0 Å². The summed E-state index contributed by atoms with van der Waals surface area (Å²) >= 11 is 5.47. The minimum Gasteiger partial charge on any atom is -0.480 e. The summed E-state index contributed by atoms with van der Waals surface area (Å²) in [6, 6.07) is -3.11. The van der Waals surface area contributed by atoms with E-state index in [0.29, 0.717) is 12.2 Å². The molecule has 0 rings (SSSR count). The van der Waals surface area contributed by atoms with Gasteiger partial charge in [0.25, 0.3) is 0 Å². The molecule has 0 aromatic heterocycles. The lowest BCUT2D eigenvalue weighted by molar-refractivity contribution is -0.138. The van der Waals surface area contributed by atoms with E-state index in [1.807, 2.05) is 6.26 Å². The molecule has 0 heterocycles. The summed E-state index contributed by atoms with van der Waals surface area (Å²) in [6.45, 7) is -0.620. The molecule has 4 amide bonds.